The van der Waals surface area contributed by atoms with Gasteiger partial charge in [0, 0.05) is 93.8 Å². The molecule has 4 aliphatic heterocycles. The van der Waals surface area contributed by atoms with Gasteiger partial charge in [-0.15, -0.1) is 0 Å². The summed E-state index contributed by atoms with van der Waals surface area (Å²) in [6.45, 7) is 12.2. The maximum absolute atomic E-state index is 17.2. The fourth-order valence-electron chi connectivity index (χ4n) is 13.0. The normalized spacial score (nSPS) is 23.7. The molecular formula is C56H67F2N9O6. The van der Waals surface area contributed by atoms with Crippen LogP contribution in [0.15, 0.2) is 53.4 Å². The molecule has 1 spiro atoms. The number of carbonyl (C=O) groups is 4. The van der Waals surface area contributed by atoms with Crippen LogP contribution in [0.3, 0.4) is 0 Å². The lowest BCUT2D eigenvalue weighted by molar-refractivity contribution is -0.142. The lowest BCUT2D eigenvalue weighted by Gasteiger charge is -2.56. The van der Waals surface area contributed by atoms with Crippen molar-refractivity contribution < 1.29 is 37.8 Å². The lowest BCUT2D eigenvalue weighted by Crippen LogP contribution is -2.59. The van der Waals surface area contributed by atoms with Crippen molar-refractivity contribution in [2.24, 2.45) is 16.7 Å². The number of aldehydes is 1. The number of pyridine rings is 1. The van der Waals surface area contributed by atoms with E-state index in [-0.39, 0.29) is 53.0 Å². The number of hydrogen-bond acceptors (Lipinski definition) is 13. The molecule has 2 N–H and O–H groups in total. The summed E-state index contributed by atoms with van der Waals surface area (Å²) in [4.78, 5) is 76.1. The second-order valence-corrected chi connectivity index (χ2v) is 22.4. The number of piperidine rings is 3. The van der Waals surface area contributed by atoms with E-state index in [2.05, 4.69) is 42.9 Å². The van der Waals surface area contributed by atoms with Gasteiger partial charge in [0.1, 0.15) is 40.9 Å². The number of likely N-dealkylation sites (tertiary alicyclic amines) is 1. The Bertz CT molecular complexity index is 2930. The van der Waals surface area contributed by atoms with E-state index in [9.17, 15) is 24.3 Å². The number of aryl methyl sites for hydroxylation is 1. The third-order valence-electron chi connectivity index (χ3n) is 17.5. The Morgan fingerprint density at radius 3 is 2.48 bits per heavy atom. The molecule has 2 atom stereocenters. The van der Waals surface area contributed by atoms with Gasteiger partial charge in [0.2, 0.25) is 11.8 Å². The van der Waals surface area contributed by atoms with Gasteiger partial charge in [0.05, 0.1) is 17.6 Å². The van der Waals surface area contributed by atoms with E-state index in [4.69, 9.17) is 14.7 Å². The molecule has 4 aromatic rings. The van der Waals surface area contributed by atoms with E-state index in [0.717, 1.165) is 109 Å². The Labute approximate surface area is 425 Å². The zero-order valence-corrected chi connectivity index (χ0v) is 42.4. The van der Waals surface area contributed by atoms with Crippen LogP contribution in [0.25, 0.3) is 32.9 Å². The number of aromatic nitrogens is 3. The zero-order chi connectivity index (χ0) is 50.8. The van der Waals surface area contributed by atoms with E-state index < -0.39 is 23.6 Å². The van der Waals surface area contributed by atoms with Crippen molar-refractivity contribution in [2.75, 3.05) is 77.5 Å². The molecule has 15 nitrogen and oxygen atoms in total. The summed E-state index contributed by atoms with van der Waals surface area (Å²) in [5.74, 6) is -1.27. The molecule has 2 saturated carbocycles. The molecule has 17 heteroatoms. The number of ether oxygens (including phenoxy) is 1. The number of halogens is 2. The smallest absolute Gasteiger partial charge is 0.319 e. The van der Waals surface area contributed by atoms with Gasteiger partial charge < -0.3 is 29.4 Å². The molecular weight excluding hydrogens is 933 g/mol. The van der Waals surface area contributed by atoms with Gasteiger partial charge in [-0.25, -0.2) is 8.78 Å². The fraction of sp³-hybridized carbons (Fsp3) is 0.554. The molecule has 386 valence electrons. The number of imide groups is 1. The fourth-order valence-corrected chi connectivity index (χ4v) is 13.0. The van der Waals surface area contributed by atoms with Crippen LogP contribution in [0.2, 0.25) is 0 Å². The van der Waals surface area contributed by atoms with Crippen LogP contribution < -0.4 is 15.0 Å². The Hall–Kier alpha value is -6.07. The maximum Gasteiger partial charge on any atom is 0.319 e. The lowest BCUT2D eigenvalue weighted by atomic mass is 9.60. The number of rotatable bonds is 13. The Balaban J connectivity index is 0.719. The standard InChI is InChI=1S/C56H67F2N9O6/c1-4-39-42(57)11-10-35-25-38(69)26-40(46(35)39)49-48(58)50-41(29-59-49)51(67-18-6-7-34(2)30-67)62-54(61-50)73-33-56(14-15-56)32-64-19-16-55(17-20-64)27-37(28-55)65-21-23-66(24-22-65)43-9-5-8-36(31-68)47(43)53(72)63(3)44-12-13-45(70)60-52(44)71/h9-11,25-26,29,31,34,37,44,69H,4-8,12-24,27-28,30,32-33H2,1-3H3,(H,60,70,71)/t34-,44?/m0/s1. The Morgan fingerprint density at radius 1 is 0.986 bits per heavy atom. The SMILES string of the molecule is CCc1c(F)ccc2cc(O)cc(-c3ncc4c(N5CCC[C@H](C)C5)nc(OCC5(CN6CCC7(CC6)CC(N6CCN(C8=CCCC(C=O)=C8C(=O)N(C)C8CCC(=O)NC8=O)CC6)C7)CC5)nc4c3F)c12. The summed E-state index contributed by atoms with van der Waals surface area (Å²) in [5, 5.41) is 14.7. The number of fused-ring (bicyclic) bond motifs is 2. The molecule has 3 amide bonds. The number of carbonyl (C=O) groups excluding carboxylic acids is 4. The van der Waals surface area contributed by atoms with E-state index in [1.165, 1.54) is 29.9 Å². The largest absolute Gasteiger partial charge is 0.508 e. The number of piperazine rings is 1. The van der Waals surface area contributed by atoms with Gasteiger partial charge in [0.15, 0.2) is 5.82 Å². The summed E-state index contributed by atoms with van der Waals surface area (Å²) < 4.78 is 38.9. The molecule has 2 aromatic heterocycles. The van der Waals surface area contributed by atoms with Crippen molar-refractivity contribution in [2.45, 2.75) is 109 Å². The van der Waals surface area contributed by atoms with Gasteiger partial charge in [0.25, 0.3) is 5.91 Å². The first-order valence-corrected chi connectivity index (χ1v) is 26.6. The number of aromatic hydroxyl groups is 1. The van der Waals surface area contributed by atoms with Crippen molar-refractivity contribution in [3.8, 4) is 23.0 Å². The van der Waals surface area contributed by atoms with Crippen molar-refractivity contribution in [1.82, 2.24) is 39.9 Å². The van der Waals surface area contributed by atoms with Gasteiger partial charge >= 0.3 is 6.01 Å². The molecule has 3 aliphatic carbocycles. The minimum atomic E-state index is -0.764. The second-order valence-electron chi connectivity index (χ2n) is 22.4. The summed E-state index contributed by atoms with van der Waals surface area (Å²) in [5.41, 5.74) is 2.74. The third-order valence-corrected chi connectivity index (χ3v) is 17.5. The van der Waals surface area contributed by atoms with Crippen LogP contribution >= 0.6 is 0 Å². The highest BCUT2D eigenvalue weighted by molar-refractivity contribution is 6.07. The van der Waals surface area contributed by atoms with E-state index in [1.54, 1.807) is 25.4 Å². The number of nitrogens with one attached hydrogen (secondary N) is 1. The molecule has 0 radical (unpaired) electrons. The van der Waals surface area contributed by atoms with Crippen LogP contribution in [-0.4, -0.2) is 148 Å². The number of allylic oxidation sites excluding steroid dienone is 2. The Morgan fingerprint density at radius 2 is 1.77 bits per heavy atom. The van der Waals surface area contributed by atoms with Crippen LogP contribution in [0, 0.1) is 28.4 Å². The molecule has 6 heterocycles. The van der Waals surface area contributed by atoms with Crippen LogP contribution in [0.5, 0.6) is 11.8 Å². The van der Waals surface area contributed by atoms with E-state index in [1.807, 2.05) is 6.92 Å². The molecule has 7 aliphatic rings. The topological polar surface area (TPSA) is 165 Å². The van der Waals surface area contributed by atoms with Crippen molar-refractivity contribution in [1.29, 1.82) is 0 Å². The highest BCUT2D eigenvalue weighted by Crippen LogP contribution is 2.53. The zero-order valence-electron chi connectivity index (χ0n) is 42.4. The van der Waals surface area contributed by atoms with Gasteiger partial charge in [-0.05, 0) is 136 Å². The quantitative estimate of drug-likeness (QED) is 0.103. The molecule has 73 heavy (non-hydrogen) atoms. The molecule has 4 saturated heterocycles. The van der Waals surface area contributed by atoms with Gasteiger partial charge in [-0.1, -0.05) is 26.0 Å². The molecule has 6 fully saturated rings. The first kappa shape index (κ1) is 49.2. The number of phenolic OH excluding ortho intramolecular Hbond substituents is 1. The maximum atomic E-state index is 17.2. The van der Waals surface area contributed by atoms with Crippen molar-refractivity contribution >= 4 is 51.5 Å². The summed E-state index contributed by atoms with van der Waals surface area (Å²) in [6, 6.07) is 5.87. The predicted molar refractivity (Wildman–Crippen MR) is 273 cm³/mol. The van der Waals surface area contributed by atoms with Crippen molar-refractivity contribution in [3.05, 3.63) is 70.6 Å². The average Bonchev–Trinajstić information content (AvgIpc) is 4.16. The minimum Gasteiger partial charge on any atom is -0.508 e. The second kappa shape index (κ2) is 19.7. The Kier molecular flexibility index (Phi) is 13.2. The number of amides is 3. The molecule has 2 aromatic carbocycles. The monoisotopic (exact) mass is 1000 g/mol. The number of anilines is 1. The van der Waals surface area contributed by atoms with E-state index >= 15 is 8.78 Å². The summed E-state index contributed by atoms with van der Waals surface area (Å²) in [7, 11) is 1.58. The first-order valence-electron chi connectivity index (χ1n) is 26.6. The number of phenols is 1. The van der Waals surface area contributed by atoms with Gasteiger partial charge in [-0.3, -0.25) is 34.4 Å². The summed E-state index contributed by atoms with van der Waals surface area (Å²) in [6.07, 6.45) is 15.2. The summed E-state index contributed by atoms with van der Waals surface area (Å²) >= 11 is 0. The first-order chi connectivity index (χ1) is 35.2. The third kappa shape index (κ3) is 9.44. The highest BCUT2D eigenvalue weighted by Gasteiger charge is 2.51. The predicted octanol–water partition coefficient (Wildman–Crippen LogP) is 7.09. The van der Waals surface area contributed by atoms with Gasteiger partial charge in [-0.2, -0.15) is 9.97 Å². The van der Waals surface area contributed by atoms with Crippen molar-refractivity contribution in [3.63, 3.8) is 0 Å². The highest BCUT2D eigenvalue weighted by atomic mass is 19.1. The minimum absolute atomic E-state index is 0.0129. The number of nitrogens with zero attached hydrogens (tertiary/aromatic N) is 8. The van der Waals surface area contributed by atoms with Crippen LogP contribution in [0.1, 0.15) is 96.5 Å². The average molecular weight is 1000 g/mol. The molecule has 1 unspecified atom stereocenters. The molecule has 0 bridgehead atoms. The van der Waals surface area contributed by atoms with E-state index in [0.29, 0.717) is 87.5 Å². The van der Waals surface area contributed by atoms with Crippen LogP contribution in [-0.2, 0) is 25.6 Å². The van der Waals surface area contributed by atoms with Crippen LogP contribution in [0.4, 0.5) is 14.6 Å². The number of benzene rings is 2. The molecule has 11 rings (SSSR count). The number of hydrogen-bond donors (Lipinski definition) is 2. The number of likely N-dealkylation sites (N-methyl/N-ethyl adjacent to an activating group) is 1.